The second-order valence-electron chi connectivity index (χ2n) is 6.71. The number of anilines is 1. The fourth-order valence-corrected chi connectivity index (χ4v) is 3.42. The first-order valence-electron chi connectivity index (χ1n) is 9.20. The average Bonchev–Trinajstić information content (AvgIpc) is 2.64. The first-order valence-corrected chi connectivity index (χ1v) is 9.20. The zero-order chi connectivity index (χ0) is 17.8. The molecule has 3 rings (SSSR count). The normalized spacial score (nSPS) is 16.7. The van der Waals surface area contributed by atoms with Crippen molar-refractivity contribution in [3.05, 3.63) is 65.2 Å². The van der Waals surface area contributed by atoms with Crippen molar-refractivity contribution >= 4 is 11.6 Å². The molecule has 0 fully saturated rings. The van der Waals surface area contributed by atoms with Gasteiger partial charge in [0.25, 0.3) is 5.91 Å². The van der Waals surface area contributed by atoms with Crippen LogP contribution in [0.15, 0.2) is 48.5 Å². The Balaban J connectivity index is 1.91. The Morgan fingerprint density at radius 3 is 2.40 bits per heavy atom. The third kappa shape index (κ3) is 3.69. The highest BCUT2D eigenvalue weighted by Crippen LogP contribution is 2.32. The van der Waals surface area contributed by atoms with Crippen LogP contribution >= 0.6 is 0 Å². The van der Waals surface area contributed by atoms with E-state index in [9.17, 15) is 4.79 Å². The largest absolute Gasteiger partial charge is 0.361 e. The Morgan fingerprint density at radius 2 is 1.72 bits per heavy atom. The Kier molecular flexibility index (Phi) is 5.39. The van der Waals surface area contributed by atoms with Crippen LogP contribution in [-0.4, -0.2) is 37.0 Å². The molecule has 1 atom stereocenters. The average molecular weight is 338 g/mol. The van der Waals surface area contributed by atoms with Crippen LogP contribution < -0.4 is 10.2 Å². The van der Waals surface area contributed by atoms with E-state index in [1.165, 1.54) is 10.5 Å². The number of rotatable bonds is 6. The van der Waals surface area contributed by atoms with Gasteiger partial charge in [-0.1, -0.05) is 42.0 Å². The maximum atomic E-state index is 13.1. The Bertz CT molecular complexity index is 722. The van der Waals surface area contributed by atoms with E-state index in [0.29, 0.717) is 0 Å². The molecular weight excluding hydrogens is 310 g/mol. The summed E-state index contributed by atoms with van der Waals surface area (Å²) in [6, 6.07) is 16.2. The maximum absolute atomic E-state index is 13.1. The van der Waals surface area contributed by atoms with E-state index in [4.69, 9.17) is 0 Å². The highest BCUT2D eigenvalue weighted by Gasteiger charge is 2.33. The maximum Gasteiger partial charge on any atom is 0.258 e. The monoisotopic (exact) mass is 338 g/mol. The Labute approximate surface area is 150 Å². The Hall–Kier alpha value is -2.33. The van der Waals surface area contributed by atoms with Gasteiger partial charge in [0, 0.05) is 5.69 Å². The summed E-state index contributed by atoms with van der Waals surface area (Å²) in [5.41, 5.74) is 4.04. The molecule has 1 aliphatic rings. The number of para-hydroxylation sites is 1. The van der Waals surface area contributed by atoms with Crippen LogP contribution in [0.1, 0.15) is 41.5 Å². The van der Waals surface area contributed by atoms with Gasteiger partial charge in [-0.15, -0.1) is 0 Å². The first-order chi connectivity index (χ1) is 12.1. The summed E-state index contributed by atoms with van der Waals surface area (Å²) in [5.74, 6) is 0.117. The number of carbonyl (C=O) groups is 1. The smallest absolute Gasteiger partial charge is 0.258 e. The minimum absolute atomic E-state index is 0.113. The number of fused-ring (bicyclic) bond motifs is 1. The van der Waals surface area contributed by atoms with Crippen molar-refractivity contribution in [2.75, 3.05) is 31.5 Å². The number of hydrogen-bond acceptors (Lipinski definition) is 2. The lowest BCUT2D eigenvalue weighted by molar-refractivity contribution is -0.895. The SMILES string of the molecule is CC[NH+](CC)CCN1C(=O)c2ccccc2N[C@@H]1c1ccc(C)cc1. The van der Waals surface area contributed by atoms with E-state index in [-0.39, 0.29) is 12.1 Å². The molecule has 0 unspecified atom stereocenters. The van der Waals surface area contributed by atoms with Gasteiger partial charge in [0.15, 0.2) is 0 Å². The summed E-state index contributed by atoms with van der Waals surface area (Å²) >= 11 is 0. The molecule has 0 radical (unpaired) electrons. The quantitative estimate of drug-likeness (QED) is 0.849. The molecule has 1 amide bonds. The third-order valence-corrected chi connectivity index (χ3v) is 5.12. The summed E-state index contributed by atoms with van der Waals surface area (Å²) in [6.45, 7) is 10.3. The second kappa shape index (κ2) is 7.70. The molecule has 0 aromatic heterocycles. The van der Waals surface area contributed by atoms with E-state index in [1.54, 1.807) is 0 Å². The molecule has 4 heteroatoms. The first kappa shape index (κ1) is 17.5. The van der Waals surface area contributed by atoms with Gasteiger partial charge < -0.3 is 15.1 Å². The molecule has 132 valence electrons. The van der Waals surface area contributed by atoms with Crippen LogP contribution in [0.5, 0.6) is 0 Å². The third-order valence-electron chi connectivity index (χ3n) is 5.12. The van der Waals surface area contributed by atoms with Crippen molar-refractivity contribution in [1.82, 2.24) is 4.90 Å². The summed E-state index contributed by atoms with van der Waals surface area (Å²) in [5, 5.41) is 3.57. The van der Waals surface area contributed by atoms with Crippen molar-refractivity contribution in [2.24, 2.45) is 0 Å². The summed E-state index contributed by atoms with van der Waals surface area (Å²) in [6.07, 6.45) is -0.113. The van der Waals surface area contributed by atoms with Gasteiger partial charge in [0.2, 0.25) is 0 Å². The number of hydrogen-bond donors (Lipinski definition) is 2. The zero-order valence-electron chi connectivity index (χ0n) is 15.4. The van der Waals surface area contributed by atoms with Gasteiger partial charge in [-0.05, 0) is 38.5 Å². The standard InChI is InChI=1S/C21H27N3O/c1-4-23(5-2)14-15-24-20(17-12-10-16(3)11-13-17)22-19-9-7-6-8-18(19)21(24)25/h6-13,20,22H,4-5,14-15H2,1-3H3/p+1/t20-/m0/s1. The highest BCUT2D eigenvalue weighted by atomic mass is 16.2. The van der Waals surface area contributed by atoms with E-state index >= 15 is 0 Å². The molecule has 1 aliphatic heterocycles. The van der Waals surface area contributed by atoms with E-state index in [1.807, 2.05) is 29.2 Å². The van der Waals surface area contributed by atoms with E-state index in [0.717, 1.165) is 43.0 Å². The van der Waals surface area contributed by atoms with Crippen LogP contribution in [0, 0.1) is 6.92 Å². The van der Waals surface area contributed by atoms with Gasteiger partial charge in [0.05, 0.1) is 31.7 Å². The highest BCUT2D eigenvalue weighted by molar-refractivity contribution is 6.01. The predicted molar refractivity (Wildman–Crippen MR) is 102 cm³/mol. The lowest BCUT2D eigenvalue weighted by atomic mass is 10.0. The number of aryl methyl sites for hydroxylation is 1. The molecule has 0 saturated carbocycles. The van der Waals surface area contributed by atoms with Crippen molar-refractivity contribution in [2.45, 2.75) is 26.9 Å². The number of amides is 1. The van der Waals surface area contributed by atoms with Gasteiger partial charge in [-0.3, -0.25) is 4.79 Å². The molecule has 2 aromatic carbocycles. The minimum Gasteiger partial charge on any atom is -0.361 e. The number of nitrogens with one attached hydrogen (secondary N) is 2. The van der Waals surface area contributed by atoms with Crippen molar-refractivity contribution < 1.29 is 9.69 Å². The lowest BCUT2D eigenvalue weighted by Gasteiger charge is -2.38. The van der Waals surface area contributed by atoms with Gasteiger partial charge in [0.1, 0.15) is 6.17 Å². The molecular formula is C21H28N3O+. The van der Waals surface area contributed by atoms with Gasteiger partial charge in [-0.25, -0.2) is 0 Å². The number of likely N-dealkylation sites (N-methyl/N-ethyl adjacent to an activating group) is 1. The summed E-state index contributed by atoms with van der Waals surface area (Å²) in [7, 11) is 0. The summed E-state index contributed by atoms with van der Waals surface area (Å²) in [4.78, 5) is 16.6. The second-order valence-corrected chi connectivity index (χ2v) is 6.71. The van der Waals surface area contributed by atoms with Crippen LogP contribution in [0.2, 0.25) is 0 Å². The van der Waals surface area contributed by atoms with Crippen LogP contribution in [0.4, 0.5) is 5.69 Å². The molecule has 0 saturated heterocycles. The predicted octanol–water partition coefficient (Wildman–Crippen LogP) is 2.49. The van der Waals surface area contributed by atoms with Crippen molar-refractivity contribution in [3.63, 3.8) is 0 Å². The van der Waals surface area contributed by atoms with E-state index < -0.39 is 0 Å². The summed E-state index contributed by atoms with van der Waals surface area (Å²) < 4.78 is 0. The molecule has 0 spiro atoms. The van der Waals surface area contributed by atoms with Gasteiger partial charge >= 0.3 is 0 Å². The molecule has 0 aliphatic carbocycles. The molecule has 1 heterocycles. The molecule has 4 nitrogen and oxygen atoms in total. The van der Waals surface area contributed by atoms with Crippen molar-refractivity contribution in [1.29, 1.82) is 0 Å². The number of carbonyl (C=O) groups excluding carboxylic acids is 1. The van der Waals surface area contributed by atoms with Crippen LogP contribution in [0.25, 0.3) is 0 Å². The minimum atomic E-state index is -0.113. The lowest BCUT2D eigenvalue weighted by Crippen LogP contribution is -3.12. The molecule has 2 aromatic rings. The number of benzene rings is 2. The fraction of sp³-hybridized carbons (Fsp3) is 0.381. The van der Waals surface area contributed by atoms with Crippen molar-refractivity contribution in [3.8, 4) is 0 Å². The molecule has 0 bridgehead atoms. The Morgan fingerprint density at radius 1 is 1.04 bits per heavy atom. The van der Waals surface area contributed by atoms with Crippen LogP contribution in [-0.2, 0) is 0 Å². The topological polar surface area (TPSA) is 36.8 Å². The number of nitrogens with zero attached hydrogens (tertiary/aromatic N) is 1. The fourth-order valence-electron chi connectivity index (χ4n) is 3.42. The zero-order valence-corrected chi connectivity index (χ0v) is 15.4. The molecule has 25 heavy (non-hydrogen) atoms. The van der Waals surface area contributed by atoms with E-state index in [2.05, 4.69) is 50.4 Å². The molecule has 2 N–H and O–H groups in total. The van der Waals surface area contributed by atoms with Gasteiger partial charge in [-0.2, -0.15) is 0 Å². The number of quaternary nitrogens is 1. The van der Waals surface area contributed by atoms with Crippen LogP contribution in [0.3, 0.4) is 0 Å².